The number of carbonyl (C=O) groups excluding carboxylic acids is 2. The van der Waals surface area contributed by atoms with Crippen LogP contribution in [0.15, 0.2) is 17.7 Å². The Bertz CT molecular complexity index is 656. The molecule has 4 nitrogen and oxygen atoms in total. The Hall–Kier alpha value is -2.10. The van der Waals surface area contributed by atoms with E-state index in [0.717, 1.165) is 12.8 Å². The Morgan fingerprint density at radius 1 is 0.870 bits per heavy atom. The van der Waals surface area contributed by atoms with Crippen molar-refractivity contribution in [2.45, 2.75) is 58.8 Å². The van der Waals surface area contributed by atoms with Crippen LogP contribution in [0.1, 0.15) is 73.9 Å². The zero-order valence-electron chi connectivity index (χ0n) is 13.8. The molecule has 0 bridgehead atoms. The highest BCUT2D eigenvalue weighted by molar-refractivity contribution is 6.52. The van der Waals surface area contributed by atoms with Gasteiger partial charge in [-0.2, -0.15) is 0 Å². The number of rotatable bonds is 7. The van der Waals surface area contributed by atoms with Gasteiger partial charge in [-0.1, -0.05) is 39.0 Å². The molecule has 0 atom stereocenters. The van der Waals surface area contributed by atoms with Crippen molar-refractivity contribution in [3.63, 3.8) is 0 Å². The molecule has 0 fully saturated rings. The van der Waals surface area contributed by atoms with Crippen LogP contribution in [0, 0.1) is 0 Å². The summed E-state index contributed by atoms with van der Waals surface area (Å²) >= 11 is 0. The van der Waals surface area contributed by atoms with Crippen LogP contribution in [0.5, 0.6) is 5.75 Å². The third-order valence-corrected chi connectivity index (χ3v) is 4.42. The van der Waals surface area contributed by atoms with Crippen LogP contribution >= 0.6 is 0 Å². The van der Waals surface area contributed by atoms with Gasteiger partial charge in [0.25, 0.3) is 0 Å². The number of carbonyl (C=O) groups is 2. The van der Waals surface area contributed by atoms with Crippen LogP contribution in [0.4, 0.5) is 0 Å². The van der Waals surface area contributed by atoms with E-state index < -0.39 is 11.6 Å². The molecular formula is C19H24O4. The first-order valence-corrected chi connectivity index (χ1v) is 8.32. The highest BCUT2D eigenvalue weighted by Crippen LogP contribution is 2.33. The van der Waals surface area contributed by atoms with Crippen LogP contribution in [-0.4, -0.2) is 21.8 Å². The van der Waals surface area contributed by atoms with E-state index in [1.54, 1.807) is 6.07 Å². The summed E-state index contributed by atoms with van der Waals surface area (Å²) in [4.78, 5) is 23.7. The number of fused-ring (bicyclic) bond motifs is 1. The largest absolute Gasteiger partial charge is 0.508 e. The summed E-state index contributed by atoms with van der Waals surface area (Å²) in [5, 5.41) is 20.2. The van der Waals surface area contributed by atoms with Crippen molar-refractivity contribution in [2.75, 3.05) is 0 Å². The van der Waals surface area contributed by atoms with Gasteiger partial charge in [0.05, 0.1) is 0 Å². The van der Waals surface area contributed by atoms with Crippen molar-refractivity contribution in [1.29, 1.82) is 0 Å². The van der Waals surface area contributed by atoms with Gasteiger partial charge in [-0.15, -0.1) is 0 Å². The van der Waals surface area contributed by atoms with E-state index in [0.29, 0.717) is 17.5 Å². The lowest BCUT2D eigenvalue weighted by atomic mass is 9.87. The number of ketones is 2. The fourth-order valence-electron chi connectivity index (χ4n) is 2.92. The molecule has 1 aliphatic carbocycles. The molecule has 0 aromatic heterocycles. The Morgan fingerprint density at radius 3 is 2.22 bits per heavy atom. The summed E-state index contributed by atoms with van der Waals surface area (Å²) in [5.41, 5.74) is 1.22. The van der Waals surface area contributed by atoms with E-state index in [4.69, 9.17) is 0 Å². The molecule has 0 saturated carbocycles. The van der Waals surface area contributed by atoms with Gasteiger partial charge in [-0.05, 0) is 37.5 Å². The topological polar surface area (TPSA) is 74.6 Å². The van der Waals surface area contributed by atoms with E-state index in [-0.39, 0.29) is 22.6 Å². The maximum absolute atomic E-state index is 12.0. The van der Waals surface area contributed by atoms with Crippen molar-refractivity contribution in [3.8, 4) is 5.75 Å². The van der Waals surface area contributed by atoms with Gasteiger partial charge >= 0.3 is 0 Å². The summed E-state index contributed by atoms with van der Waals surface area (Å²) in [6, 6.07) is 2.95. The number of allylic oxidation sites excluding steroid dienone is 1. The minimum absolute atomic E-state index is 0.0193. The summed E-state index contributed by atoms with van der Waals surface area (Å²) in [6.07, 6.45) is 7.60. The van der Waals surface area contributed by atoms with E-state index >= 15 is 0 Å². The molecule has 0 unspecified atom stereocenters. The summed E-state index contributed by atoms with van der Waals surface area (Å²) in [6.45, 7) is 3.62. The number of aliphatic hydroxyl groups is 1. The number of aryl methyl sites for hydroxylation is 1. The highest BCUT2D eigenvalue weighted by atomic mass is 16.3. The Morgan fingerprint density at radius 2 is 1.52 bits per heavy atom. The third-order valence-electron chi connectivity index (χ3n) is 4.42. The Balaban J connectivity index is 2.14. The molecule has 2 rings (SSSR count). The van der Waals surface area contributed by atoms with Gasteiger partial charge in [0.15, 0.2) is 0 Å². The molecular weight excluding hydrogens is 292 g/mol. The molecule has 0 saturated heterocycles. The molecule has 0 aliphatic heterocycles. The van der Waals surface area contributed by atoms with Gasteiger partial charge in [0.1, 0.15) is 11.5 Å². The van der Waals surface area contributed by atoms with Crippen LogP contribution in [-0.2, 0) is 11.2 Å². The summed E-state index contributed by atoms with van der Waals surface area (Å²) in [7, 11) is 0. The lowest BCUT2D eigenvalue weighted by Gasteiger charge is -2.17. The molecule has 0 radical (unpaired) electrons. The van der Waals surface area contributed by atoms with E-state index in [1.807, 2.05) is 0 Å². The number of phenolic OH excluding ortho intramolecular Hbond substituents is 1. The second-order valence-corrected chi connectivity index (χ2v) is 6.18. The predicted molar refractivity (Wildman–Crippen MR) is 89.7 cm³/mol. The van der Waals surface area contributed by atoms with Gasteiger partial charge in [-0.3, -0.25) is 9.59 Å². The lowest BCUT2D eigenvalue weighted by molar-refractivity contribution is -0.111. The second kappa shape index (κ2) is 7.44. The van der Waals surface area contributed by atoms with Crippen LogP contribution in [0.3, 0.4) is 0 Å². The number of benzene rings is 1. The first kappa shape index (κ1) is 17.3. The van der Waals surface area contributed by atoms with Crippen molar-refractivity contribution in [2.24, 2.45) is 0 Å². The maximum atomic E-state index is 12.0. The molecule has 2 N–H and O–H groups in total. The molecule has 124 valence electrons. The van der Waals surface area contributed by atoms with Gasteiger partial charge < -0.3 is 10.2 Å². The monoisotopic (exact) mass is 316 g/mol. The molecule has 4 heteroatoms. The van der Waals surface area contributed by atoms with Crippen LogP contribution in [0.2, 0.25) is 0 Å². The molecule has 0 spiro atoms. The predicted octanol–water partition coefficient (Wildman–Crippen LogP) is 4.35. The molecule has 1 aromatic carbocycles. The molecule has 0 amide bonds. The number of hydrogen-bond acceptors (Lipinski definition) is 4. The molecule has 1 aromatic rings. The number of phenols is 1. The van der Waals surface area contributed by atoms with Gasteiger partial charge in [-0.25, -0.2) is 0 Å². The normalized spacial score (nSPS) is 14.3. The van der Waals surface area contributed by atoms with Gasteiger partial charge in [0, 0.05) is 16.7 Å². The van der Waals surface area contributed by atoms with Crippen molar-refractivity contribution in [1.82, 2.24) is 0 Å². The second-order valence-electron chi connectivity index (χ2n) is 6.18. The average Bonchev–Trinajstić information content (AvgIpc) is 2.55. The SMILES string of the molecule is CCCCCCCCc1cc2c(cc1O)C(=O)C(=O)C(C)=C2O. The van der Waals surface area contributed by atoms with Crippen molar-refractivity contribution < 1.29 is 19.8 Å². The van der Waals surface area contributed by atoms with Crippen molar-refractivity contribution in [3.05, 3.63) is 34.4 Å². The fourth-order valence-corrected chi connectivity index (χ4v) is 2.92. The first-order chi connectivity index (χ1) is 11.0. The quantitative estimate of drug-likeness (QED) is 0.579. The van der Waals surface area contributed by atoms with Gasteiger partial charge in [0.2, 0.25) is 11.6 Å². The summed E-state index contributed by atoms with van der Waals surface area (Å²) in [5.74, 6) is -1.52. The number of unbranched alkanes of at least 4 members (excludes halogenated alkanes) is 5. The lowest BCUT2D eigenvalue weighted by Crippen LogP contribution is -2.22. The van der Waals surface area contributed by atoms with E-state index in [2.05, 4.69) is 6.92 Å². The number of Topliss-reactive ketones (excluding diaryl/α,β-unsaturated/α-hetero) is 2. The summed E-state index contributed by atoms with van der Waals surface area (Å²) < 4.78 is 0. The number of aliphatic hydroxyl groups excluding tert-OH is 1. The van der Waals surface area contributed by atoms with Crippen molar-refractivity contribution >= 4 is 17.3 Å². The van der Waals surface area contributed by atoms with E-state index in [1.165, 1.54) is 38.7 Å². The Kier molecular flexibility index (Phi) is 5.59. The first-order valence-electron chi connectivity index (χ1n) is 8.32. The Labute approximate surface area is 136 Å². The number of hydrogen-bond donors (Lipinski definition) is 2. The van der Waals surface area contributed by atoms with Crippen LogP contribution < -0.4 is 0 Å². The van der Waals surface area contributed by atoms with Crippen LogP contribution in [0.25, 0.3) is 5.76 Å². The van der Waals surface area contributed by atoms with E-state index in [9.17, 15) is 19.8 Å². The number of aromatic hydroxyl groups is 1. The standard InChI is InChI=1S/C19H24O4/c1-3-4-5-6-7-8-9-13-10-14-15(11-16(13)20)19(23)18(22)12(2)17(14)21/h10-11,20-21H,3-9H2,1-2H3. The minimum atomic E-state index is -0.710. The smallest absolute Gasteiger partial charge is 0.234 e. The fraction of sp³-hybridized carbons (Fsp3) is 0.474. The maximum Gasteiger partial charge on any atom is 0.234 e. The highest BCUT2D eigenvalue weighted by Gasteiger charge is 2.31. The molecule has 1 aliphatic rings. The average molecular weight is 316 g/mol. The molecule has 0 heterocycles. The zero-order chi connectivity index (χ0) is 17.0. The molecule has 23 heavy (non-hydrogen) atoms. The zero-order valence-corrected chi connectivity index (χ0v) is 13.8. The third kappa shape index (κ3) is 3.63. The minimum Gasteiger partial charge on any atom is -0.508 e.